The van der Waals surface area contributed by atoms with Gasteiger partial charge in [0.2, 0.25) is 0 Å². The van der Waals surface area contributed by atoms with Crippen molar-refractivity contribution in [2.75, 3.05) is 26.7 Å². The number of rotatable bonds is 8. The van der Waals surface area contributed by atoms with Crippen molar-refractivity contribution in [3.05, 3.63) is 35.9 Å². The third kappa shape index (κ3) is 6.91. The van der Waals surface area contributed by atoms with Crippen LogP contribution < -0.4 is 5.32 Å². The van der Waals surface area contributed by atoms with E-state index < -0.39 is 11.1 Å². The van der Waals surface area contributed by atoms with E-state index in [1.807, 2.05) is 39.0 Å². The number of nitrogens with zero attached hydrogens (tertiary/aromatic N) is 1. The summed E-state index contributed by atoms with van der Waals surface area (Å²) in [5.74, 6) is -0.428. The van der Waals surface area contributed by atoms with E-state index in [-0.39, 0.29) is 11.9 Å². The van der Waals surface area contributed by atoms with Crippen LogP contribution in [0, 0.1) is 0 Å². The number of hydrogen-bond donors (Lipinski definition) is 1. The van der Waals surface area contributed by atoms with Crippen LogP contribution in [0.2, 0.25) is 0 Å². The van der Waals surface area contributed by atoms with E-state index in [4.69, 9.17) is 9.47 Å². The largest absolute Gasteiger partial charge is 0.468 e. The normalized spacial score (nSPS) is 17.1. The number of piperidine rings is 1. The molecule has 2 rings (SSSR count). The predicted octanol–water partition coefficient (Wildman–Crippen LogP) is 2.91. The summed E-state index contributed by atoms with van der Waals surface area (Å²) in [6.07, 6.45) is 2.35. The van der Waals surface area contributed by atoms with Crippen LogP contribution in [-0.4, -0.2) is 54.7 Å². The van der Waals surface area contributed by atoms with Gasteiger partial charge >= 0.3 is 11.9 Å². The molecule has 0 saturated carbocycles. The second kappa shape index (κ2) is 10.0. The van der Waals surface area contributed by atoms with E-state index in [2.05, 4.69) is 22.3 Å². The molecule has 1 aliphatic rings. The smallest absolute Gasteiger partial charge is 0.326 e. The molecule has 156 valence electrons. The topological polar surface area (TPSA) is 67.9 Å². The highest BCUT2D eigenvalue weighted by atomic mass is 16.6. The summed E-state index contributed by atoms with van der Waals surface area (Å²) in [4.78, 5) is 26.7. The van der Waals surface area contributed by atoms with Gasteiger partial charge in [-0.15, -0.1) is 0 Å². The molecule has 0 atom stereocenters. The molecule has 0 unspecified atom stereocenters. The van der Waals surface area contributed by atoms with Crippen molar-refractivity contribution in [1.29, 1.82) is 0 Å². The maximum Gasteiger partial charge on any atom is 0.326 e. The monoisotopic (exact) mass is 390 g/mol. The number of hydrogen-bond acceptors (Lipinski definition) is 6. The van der Waals surface area contributed by atoms with Gasteiger partial charge in [-0.25, -0.2) is 0 Å². The van der Waals surface area contributed by atoms with Gasteiger partial charge in [0.1, 0.15) is 11.1 Å². The molecule has 0 radical (unpaired) electrons. The Kier molecular flexibility index (Phi) is 8.01. The van der Waals surface area contributed by atoms with E-state index in [1.54, 1.807) is 0 Å². The molecule has 0 aromatic heterocycles. The van der Waals surface area contributed by atoms with Crippen molar-refractivity contribution in [3.63, 3.8) is 0 Å². The number of methoxy groups -OCH3 is 1. The minimum Gasteiger partial charge on any atom is -0.468 e. The molecule has 1 N–H and O–H groups in total. The van der Waals surface area contributed by atoms with Gasteiger partial charge < -0.3 is 14.8 Å². The average Bonchev–Trinajstić information content (AvgIpc) is 2.65. The van der Waals surface area contributed by atoms with Crippen molar-refractivity contribution in [3.8, 4) is 0 Å². The summed E-state index contributed by atoms with van der Waals surface area (Å²) < 4.78 is 10.4. The van der Waals surface area contributed by atoms with Crippen LogP contribution in [-0.2, 0) is 25.6 Å². The molecule has 1 fully saturated rings. The Hall–Kier alpha value is -1.92. The lowest BCUT2D eigenvalue weighted by atomic mass is 9.87. The highest BCUT2D eigenvalue weighted by Crippen LogP contribution is 2.25. The lowest BCUT2D eigenvalue weighted by Gasteiger charge is -2.40. The van der Waals surface area contributed by atoms with Crippen molar-refractivity contribution < 1.29 is 19.1 Å². The van der Waals surface area contributed by atoms with E-state index in [0.29, 0.717) is 32.2 Å². The fourth-order valence-electron chi connectivity index (χ4n) is 3.54. The molecular formula is C22H34N2O4. The van der Waals surface area contributed by atoms with Gasteiger partial charge in [0.05, 0.1) is 7.11 Å². The van der Waals surface area contributed by atoms with E-state index in [0.717, 1.165) is 19.6 Å². The summed E-state index contributed by atoms with van der Waals surface area (Å²) in [5, 5.41) is 3.38. The zero-order chi connectivity index (χ0) is 20.6. The highest BCUT2D eigenvalue weighted by molar-refractivity contribution is 5.81. The van der Waals surface area contributed by atoms with E-state index >= 15 is 0 Å². The Bertz CT molecular complexity index is 632. The highest BCUT2D eigenvalue weighted by Gasteiger charge is 2.41. The molecule has 0 spiro atoms. The van der Waals surface area contributed by atoms with Crippen molar-refractivity contribution in [1.82, 2.24) is 10.2 Å². The zero-order valence-electron chi connectivity index (χ0n) is 17.6. The van der Waals surface area contributed by atoms with Crippen LogP contribution >= 0.6 is 0 Å². The summed E-state index contributed by atoms with van der Waals surface area (Å²) >= 11 is 0. The summed E-state index contributed by atoms with van der Waals surface area (Å²) in [6, 6.07) is 10.4. The van der Waals surface area contributed by atoms with Crippen LogP contribution in [0.5, 0.6) is 0 Å². The number of nitrogens with one attached hydrogen (secondary N) is 1. The van der Waals surface area contributed by atoms with E-state index in [9.17, 15) is 9.59 Å². The number of benzene rings is 1. The number of ether oxygens (including phenoxy) is 2. The fourth-order valence-corrected chi connectivity index (χ4v) is 3.54. The van der Waals surface area contributed by atoms with Crippen LogP contribution in [0.15, 0.2) is 30.3 Å². The third-order valence-corrected chi connectivity index (χ3v) is 4.98. The molecule has 28 heavy (non-hydrogen) atoms. The summed E-state index contributed by atoms with van der Waals surface area (Å²) in [7, 11) is 1.43. The van der Waals surface area contributed by atoms with Crippen molar-refractivity contribution in [2.45, 2.75) is 64.1 Å². The van der Waals surface area contributed by atoms with Crippen LogP contribution in [0.1, 0.15) is 52.0 Å². The standard InChI is InChI=1S/C22H34N2O4/c1-21(2,3)28-19(25)11-8-14-23-22(20(26)27-4)12-15-24(16-13-22)17-18-9-6-5-7-10-18/h5-7,9-10,23H,8,11-17H2,1-4H3. The number of esters is 2. The first-order chi connectivity index (χ1) is 13.2. The Morgan fingerprint density at radius 3 is 2.36 bits per heavy atom. The fraction of sp³-hybridized carbons (Fsp3) is 0.636. The maximum atomic E-state index is 12.5. The second-order valence-electron chi connectivity index (χ2n) is 8.45. The second-order valence-corrected chi connectivity index (χ2v) is 8.45. The summed E-state index contributed by atoms with van der Waals surface area (Å²) in [5.41, 5.74) is 0.137. The van der Waals surface area contributed by atoms with Gasteiger partial charge in [-0.1, -0.05) is 30.3 Å². The number of carbonyl (C=O) groups is 2. The molecule has 1 saturated heterocycles. The Labute approximate surface area is 168 Å². The third-order valence-electron chi connectivity index (χ3n) is 4.98. The maximum absolute atomic E-state index is 12.5. The van der Waals surface area contributed by atoms with Crippen LogP contribution in [0.3, 0.4) is 0 Å². The minimum atomic E-state index is -0.671. The molecule has 1 aromatic rings. The number of likely N-dealkylation sites (tertiary alicyclic amines) is 1. The minimum absolute atomic E-state index is 0.209. The zero-order valence-corrected chi connectivity index (χ0v) is 17.6. The van der Waals surface area contributed by atoms with Gasteiger partial charge in [-0.05, 0) is 52.1 Å². The first-order valence-corrected chi connectivity index (χ1v) is 10.1. The molecule has 1 aliphatic heterocycles. The molecular weight excluding hydrogens is 356 g/mol. The Morgan fingerprint density at radius 1 is 1.14 bits per heavy atom. The van der Waals surface area contributed by atoms with Crippen molar-refractivity contribution >= 4 is 11.9 Å². The molecule has 1 aromatic carbocycles. The van der Waals surface area contributed by atoms with Gasteiger partial charge in [-0.2, -0.15) is 0 Å². The molecule has 6 nitrogen and oxygen atoms in total. The lowest BCUT2D eigenvalue weighted by molar-refractivity contribution is -0.154. The first kappa shape index (κ1) is 22.4. The molecule has 1 heterocycles. The van der Waals surface area contributed by atoms with E-state index in [1.165, 1.54) is 12.7 Å². The lowest BCUT2D eigenvalue weighted by Crippen LogP contribution is -2.59. The molecule has 0 amide bonds. The van der Waals surface area contributed by atoms with Crippen LogP contribution in [0.25, 0.3) is 0 Å². The van der Waals surface area contributed by atoms with Gasteiger partial charge in [0, 0.05) is 26.1 Å². The molecule has 0 aliphatic carbocycles. The average molecular weight is 391 g/mol. The first-order valence-electron chi connectivity index (χ1n) is 10.1. The van der Waals surface area contributed by atoms with Gasteiger partial charge in [0.15, 0.2) is 0 Å². The van der Waals surface area contributed by atoms with Crippen molar-refractivity contribution in [2.24, 2.45) is 0 Å². The Morgan fingerprint density at radius 2 is 1.79 bits per heavy atom. The summed E-state index contributed by atoms with van der Waals surface area (Å²) in [6.45, 7) is 8.69. The van der Waals surface area contributed by atoms with Gasteiger partial charge in [-0.3, -0.25) is 14.5 Å². The van der Waals surface area contributed by atoms with Crippen LogP contribution in [0.4, 0.5) is 0 Å². The van der Waals surface area contributed by atoms with Gasteiger partial charge in [0.25, 0.3) is 0 Å². The predicted molar refractivity (Wildman–Crippen MR) is 109 cm³/mol. The quantitative estimate of drug-likeness (QED) is 0.544. The SMILES string of the molecule is COC(=O)C1(NCCCC(=O)OC(C)(C)C)CCN(Cc2ccccc2)CC1. The molecule has 0 bridgehead atoms. The molecule has 6 heteroatoms. The number of carbonyl (C=O) groups excluding carboxylic acids is 2. The Balaban J connectivity index is 1.83.